The van der Waals surface area contributed by atoms with Crippen molar-refractivity contribution in [3.8, 4) is 0 Å². The van der Waals surface area contributed by atoms with Crippen LogP contribution in [0.2, 0.25) is 0 Å². The predicted octanol–water partition coefficient (Wildman–Crippen LogP) is 8.56. The lowest BCUT2D eigenvalue weighted by Gasteiger charge is -2.25. The van der Waals surface area contributed by atoms with Crippen LogP contribution in [-0.4, -0.2) is 23.9 Å². The van der Waals surface area contributed by atoms with Crippen molar-refractivity contribution >= 4 is 17.1 Å². The normalized spacial score (nSPS) is 18.5. The Morgan fingerprint density at radius 2 is 1.35 bits per heavy atom. The van der Waals surface area contributed by atoms with Crippen molar-refractivity contribution in [2.45, 2.75) is 73.1 Å². The average Bonchev–Trinajstić information content (AvgIpc) is 3.20. The summed E-state index contributed by atoms with van der Waals surface area (Å²) in [6.45, 7) is 20.4. The molecule has 2 heterocycles. The molecule has 0 bridgehead atoms. The number of nitrogens with zero attached hydrogens (tertiary/aromatic N) is 2. The fourth-order valence-electron chi connectivity index (χ4n) is 5.14. The van der Waals surface area contributed by atoms with Gasteiger partial charge in [-0.2, -0.15) is 4.58 Å². The molecule has 0 atom stereocenters. The SMILES string of the molecule is CC.CC.CCN1/C(=C/C=C/C=C/C2=[N+](C)c3ccccc3C2(C)C)C(C)(C)c2ccccc21. The van der Waals surface area contributed by atoms with E-state index in [0.717, 1.165) is 6.54 Å². The molecule has 2 aromatic carbocycles. The van der Waals surface area contributed by atoms with Crippen LogP contribution in [0.1, 0.15) is 73.4 Å². The Morgan fingerprint density at radius 3 is 1.97 bits per heavy atom. The highest BCUT2D eigenvalue weighted by Crippen LogP contribution is 2.47. The second-order valence-electron chi connectivity index (χ2n) is 9.27. The molecule has 0 spiro atoms. The number of allylic oxidation sites excluding steroid dienone is 6. The Bertz CT molecular complexity index is 1090. The monoisotopic (exact) mass is 457 g/mol. The van der Waals surface area contributed by atoms with Crippen molar-refractivity contribution in [2.75, 3.05) is 18.5 Å². The first kappa shape index (κ1) is 27.4. The molecule has 2 aliphatic rings. The lowest BCUT2D eigenvalue weighted by atomic mass is 9.81. The van der Waals surface area contributed by atoms with Crippen LogP contribution in [-0.2, 0) is 10.8 Å². The van der Waals surface area contributed by atoms with Gasteiger partial charge in [0.15, 0.2) is 5.71 Å². The second kappa shape index (κ2) is 11.5. The first-order chi connectivity index (χ1) is 16.3. The van der Waals surface area contributed by atoms with Gasteiger partial charge in [0, 0.05) is 41.1 Å². The summed E-state index contributed by atoms with van der Waals surface area (Å²) in [5.41, 5.74) is 8.15. The van der Waals surface area contributed by atoms with Crippen LogP contribution in [0.4, 0.5) is 11.4 Å². The zero-order valence-corrected chi connectivity index (χ0v) is 23.1. The summed E-state index contributed by atoms with van der Waals surface area (Å²) < 4.78 is 2.31. The van der Waals surface area contributed by atoms with Gasteiger partial charge in [-0.1, -0.05) is 96.2 Å². The molecule has 182 valence electrons. The lowest BCUT2D eigenvalue weighted by Crippen LogP contribution is -2.26. The van der Waals surface area contributed by atoms with Gasteiger partial charge in [-0.05, 0) is 38.5 Å². The Labute approximate surface area is 209 Å². The highest BCUT2D eigenvalue weighted by atomic mass is 15.2. The van der Waals surface area contributed by atoms with Gasteiger partial charge in [0.05, 0.1) is 5.41 Å². The lowest BCUT2D eigenvalue weighted by molar-refractivity contribution is -0.401. The molecular formula is C32H45N2+. The van der Waals surface area contributed by atoms with E-state index < -0.39 is 0 Å². The van der Waals surface area contributed by atoms with Crippen molar-refractivity contribution in [1.82, 2.24) is 0 Å². The number of fused-ring (bicyclic) bond motifs is 2. The molecule has 2 nitrogen and oxygen atoms in total. The Morgan fingerprint density at radius 1 is 0.765 bits per heavy atom. The third-order valence-corrected chi connectivity index (χ3v) is 6.79. The van der Waals surface area contributed by atoms with Crippen molar-refractivity contribution < 1.29 is 4.58 Å². The highest BCUT2D eigenvalue weighted by Gasteiger charge is 2.42. The molecule has 2 aliphatic heterocycles. The summed E-state index contributed by atoms with van der Waals surface area (Å²) in [6.07, 6.45) is 11.0. The minimum Gasteiger partial charge on any atom is -0.344 e. The third kappa shape index (κ3) is 4.82. The van der Waals surface area contributed by atoms with E-state index in [1.807, 2.05) is 27.7 Å². The van der Waals surface area contributed by atoms with Crippen molar-refractivity contribution in [1.29, 1.82) is 0 Å². The molecule has 0 fully saturated rings. The van der Waals surface area contributed by atoms with Gasteiger partial charge in [0.1, 0.15) is 7.05 Å². The summed E-state index contributed by atoms with van der Waals surface area (Å²) >= 11 is 0. The molecule has 34 heavy (non-hydrogen) atoms. The minimum atomic E-state index is 0.0161. The highest BCUT2D eigenvalue weighted by molar-refractivity contribution is 6.03. The van der Waals surface area contributed by atoms with Gasteiger partial charge in [0.2, 0.25) is 5.69 Å². The maximum Gasteiger partial charge on any atom is 0.209 e. The molecule has 0 N–H and O–H groups in total. The number of anilines is 1. The van der Waals surface area contributed by atoms with Gasteiger partial charge in [0.25, 0.3) is 0 Å². The van der Waals surface area contributed by atoms with E-state index in [9.17, 15) is 0 Å². The van der Waals surface area contributed by atoms with Crippen LogP contribution in [0.5, 0.6) is 0 Å². The van der Waals surface area contributed by atoms with E-state index in [1.54, 1.807) is 0 Å². The van der Waals surface area contributed by atoms with Gasteiger partial charge in [-0.3, -0.25) is 0 Å². The Kier molecular flexibility index (Phi) is 9.27. The van der Waals surface area contributed by atoms with Crippen molar-refractivity contribution in [3.05, 3.63) is 95.7 Å². The number of para-hydroxylation sites is 2. The molecule has 0 radical (unpaired) electrons. The van der Waals surface area contributed by atoms with Crippen molar-refractivity contribution in [3.63, 3.8) is 0 Å². The number of rotatable bonds is 4. The Balaban J connectivity index is 0.000000970. The second-order valence-corrected chi connectivity index (χ2v) is 9.27. The maximum absolute atomic E-state index is 2.43. The first-order valence-electron chi connectivity index (χ1n) is 12.9. The van der Waals surface area contributed by atoms with Crippen LogP contribution in [0.3, 0.4) is 0 Å². The van der Waals surface area contributed by atoms with Crippen molar-refractivity contribution in [2.24, 2.45) is 0 Å². The van der Waals surface area contributed by atoms with Gasteiger partial charge in [-0.25, -0.2) is 0 Å². The molecule has 0 aromatic heterocycles. The third-order valence-electron chi connectivity index (χ3n) is 6.79. The van der Waals surface area contributed by atoms with Crippen LogP contribution in [0.15, 0.2) is 84.6 Å². The average molecular weight is 458 g/mol. The smallest absolute Gasteiger partial charge is 0.209 e. The molecule has 2 heteroatoms. The number of likely N-dealkylation sites (N-methyl/N-ethyl adjacent to an activating group) is 1. The topological polar surface area (TPSA) is 6.25 Å². The van der Waals surface area contributed by atoms with E-state index in [0.29, 0.717) is 0 Å². The zero-order chi connectivity index (χ0) is 25.5. The summed E-state index contributed by atoms with van der Waals surface area (Å²) in [6, 6.07) is 17.5. The summed E-state index contributed by atoms with van der Waals surface area (Å²) in [4.78, 5) is 2.43. The van der Waals surface area contributed by atoms with E-state index in [4.69, 9.17) is 0 Å². The minimum absolute atomic E-state index is 0.0161. The van der Waals surface area contributed by atoms with Gasteiger partial charge >= 0.3 is 0 Å². The molecule has 0 aliphatic carbocycles. The number of benzene rings is 2. The zero-order valence-electron chi connectivity index (χ0n) is 23.1. The molecule has 2 aromatic rings. The van der Waals surface area contributed by atoms with E-state index in [2.05, 4.69) is 130 Å². The number of hydrogen-bond donors (Lipinski definition) is 0. The predicted molar refractivity (Wildman–Crippen MR) is 152 cm³/mol. The number of hydrogen-bond acceptors (Lipinski definition) is 1. The standard InChI is InChI=1S/C28H33N2.2C2H6/c1-7-30-24-18-14-12-16-22(24)28(4,5)26(30)20-10-8-9-19-25-27(2,3)21-15-11-13-17-23(21)29(25)6;2*1-2/h8-20H,7H2,1-6H3;2*1-2H3/q+1;;. The fraction of sp³-hybridized carbons (Fsp3) is 0.406. The van der Waals surface area contributed by atoms with E-state index >= 15 is 0 Å². The van der Waals surface area contributed by atoms with Crippen LogP contribution < -0.4 is 4.90 Å². The van der Waals surface area contributed by atoms with Crippen LogP contribution in [0.25, 0.3) is 0 Å². The summed E-state index contributed by atoms with van der Waals surface area (Å²) in [5, 5.41) is 0. The summed E-state index contributed by atoms with van der Waals surface area (Å²) in [7, 11) is 2.16. The van der Waals surface area contributed by atoms with Crippen LogP contribution in [0, 0.1) is 0 Å². The fourth-order valence-corrected chi connectivity index (χ4v) is 5.14. The van der Waals surface area contributed by atoms with E-state index in [1.165, 1.54) is 33.9 Å². The maximum atomic E-state index is 2.43. The molecular weight excluding hydrogens is 412 g/mol. The first-order valence-corrected chi connectivity index (χ1v) is 12.9. The molecule has 0 saturated carbocycles. The molecule has 0 unspecified atom stereocenters. The van der Waals surface area contributed by atoms with Gasteiger partial charge in [-0.15, -0.1) is 0 Å². The molecule has 0 amide bonds. The quantitative estimate of drug-likeness (QED) is 0.329. The molecule has 0 saturated heterocycles. The largest absolute Gasteiger partial charge is 0.344 e. The van der Waals surface area contributed by atoms with Gasteiger partial charge < -0.3 is 4.90 Å². The molecule has 4 rings (SSSR count). The summed E-state index contributed by atoms with van der Waals surface area (Å²) in [5.74, 6) is 0. The van der Waals surface area contributed by atoms with E-state index in [-0.39, 0.29) is 10.8 Å². The van der Waals surface area contributed by atoms with Crippen LogP contribution >= 0.6 is 0 Å². The Hall–Kier alpha value is -2.87.